The quantitative estimate of drug-likeness (QED) is 0.425. The van der Waals surface area contributed by atoms with Gasteiger partial charge >= 0.3 is 0 Å². The summed E-state index contributed by atoms with van der Waals surface area (Å²) in [7, 11) is 0. The molecule has 1 aromatic heterocycles. The number of rotatable bonds is 2. The van der Waals surface area contributed by atoms with Gasteiger partial charge in [-0.1, -0.05) is 28.1 Å². The van der Waals surface area contributed by atoms with Gasteiger partial charge in [-0.05, 0) is 52.9 Å². The monoisotopic (exact) mass is 465 g/mol. The van der Waals surface area contributed by atoms with Crippen molar-refractivity contribution >= 4 is 61.2 Å². The minimum atomic E-state index is 0.146. The van der Waals surface area contributed by atoms with Gasteiger partial charge in [0, 0.05) is 10.0 Å². The molecular formula is C16H9BrIN3O. The lowest BCUT2D eigenvalue weighted by Gasteiger charge is -2.04. The number of hydrogen-bond acceptors (Lipinski definition) is 3. The Morgan fingerprint density at radius 2 is 2.14 bits per heavy atom. The number of phenols is 1. The Morgan fingerprint density at radius 1 is 1.36 bits per heavy atom. The standard InChI is InChI=1S/C16H9BrIN3O/c17-11-6-9(15(22)12(18)7-11)5-10(8-19)16-20-13-3-1-2-4-14(13)21-16/h1-7,22H,(H,20,21). The smallest absolute Gasteiger partial charge is 0.149 e. The number of allylic oxidation sites excluding steroid dienone is 1. The molecule has 22 heavy (non-hydrogen) atoms. The molecular weight excluding hydrogens is 457 g/mol. The summed E-state index contributed by atoms with van der Waals surface area (Å²) in [6.07, 6.45) is 1.62. The molecule has 0 bridgehead atoms. The number of aromatic nitrogens is 2. The van der Waals surface area contributed by atoms with E-state index in [4.69, 9.17) is 0 Å². The summed E-state index contributed by atoms with van der Waals surface area (Å²) in [6.45, 7) is 0. The van der Waals surface area contributed by atoms with E-state index >= 15 is 0 Å². The Hall–Kier alpha value is -1.85. The Kier molecular flexibility index (Phi) is 4.18. The highest BCUT2D eigenvalue weighted by atomic mass is 127. The topological polar surface area (TPSA) is 72.7 Å². The molecule has 108 valence electrons. The Bertz CT molecular complexity index is 907. The van der Waals surface area contributed by atoms with E-state index < -0.39 is 0 Å². The van der Waals surface area contributed by atoms with Gasteiger partial charge < -0.3 is 10.1 Å². The van der Waals surface area contributed by atoms with Crippen LogP contribution in [0.25, 0.3) is 22.7 Å². The van der Waals surface area contributed by atoms with E-state index in [1.807, 2.05) is 46.9 Å². The summed E-state index contributed by atoms with van der Waals surface area (Å²) in [4.78, 5) is 7.53. The number of fused-ring (bicyclic) bond motifs is 1. The van der Waals surface area contributed by atoms with E-state index in [9.17, 15) is 10.4 Å². The van der Waals surface area contributed by atoms with Gasteiger partial charge in [-0.25, -0.2) is 4.98 Å². The van der Waals surface area contributed by atoms with Crippen molar-refractivity contribution in [1.29, 1.82) is 5.26 Å². The number of phenolic OH excluding ortho intramolecular Hbond substituents is 1. The highest BCUT2D eigenvalue weighted by Crippen LogP contribution is 2.31. The molecule has 1 heterocycles. The molecule has 2 N–H and O–H groups in total. The second-order valence-electron chi connectivity index (χ2n) is 4.60. The van der Waals surface area contributed by atoms with Crippen LogP contribution in [-0.4, -0.2) is 15.1 Å². The number of H-pyrrole nitrogens is 1. The number of nitrogens with one attached hydrogen (secondary N) is 1. The SMILES string of the molecule is N#CC(=Cc1cc(Br)cc(I)c1O)c1nc2ccccc2[nH]1. The molecule has 0 atom stereocenters. The van der Waals surface area contributed by atoms with Crippen LogP contribution in [0.3, 0.4) is 0 Å². The van der Waals surface area contributed by atoms with E-state index in [0.29, 0.717) is 20.5 Å². The molecule has 0 aliphatic heterocycles. The first-order valence-electron chi connectivity index (χ1n) is 6.33. The average molecular weight is 466 g/mol. The fraction of sp³-hybridized carbons (Fsp3) is 0. The zero-order valence-corrected chi connectivity index (χ0v) is 14.9. The van der Waals surface area contributed by atoms with Gasteiger partial charge in [0.05, 0.1) is 20.2 Å². The molecule has 0 fully saturated rings. The zero-order valence-electron chi connectivity index (χ0n) is 11.1. The number of benzene rings is 2. The van der Waals surface area contributed by atoms with Crippen LogP contribution in [0.4, 0.5) is 0 Å². The molecule has 6 heteroatoms. The lowest BCUT2D eigenvalue weighted by atomic mass is 10.1. The maximum atomic E-state index is 10.1. The number of hydrogen-bond donors (Lipinski definition) is 2. The lowest BCUT2D eigenvalue weighted by Crippen LogP contribution is -1.87. The molecule has 0 aliphatic carbocycles. The highest BCUT2D eigenvalue weighted by Gasteiger charge is 2.11. The number of para-hydroxylation sites is 2. The van der Waals surface area contributed by atoms with Gasteiger partial charge in [-0.3, -0.25) is 0 Å². The van der Waals surface area contributed by atoms with Crippen molar-refractivity contribution in [3.8, 4) is 11.8 Å². The summed E-state index contributed by atoms with van der Waals surface area (Å²) >= 11 is 5.44. The van der Waals surface area contributed by atoms with Crippen LogP contribution in [-0.2, 0) is 0 Å². The molecule has 0 saturated carbocycles. The molecule has 0 spiro atoms. The third kappa shape index (κ3) is 2.87. The molecule has 3 rings (SSSR count). The largest absolute Gasteiger partial charge is 0.506 e. The summed E-state index contributed by atoms with van der Waals surface area (Å²) < 4.78 is 1.54. The number of aromatic amines is 1. The fourth-order valence-corrected chi connectivity index (χ4v) is 3.64. The molecule has 4 nitrogen and oxygen atoms in total. The summed E-state index contributed by atoms with van der Waals surface area (Å²) in [5.41, 5.74) is 2.59. The lowest BCUT2D eigenvalue weighted by molar-refractivity contribution is 0.470. The van der Waals surface area contributed by atoms with Crippen molar-refractivity contribution in [2.75, 3.05) is 0 Å². The van der Waals surface area contributed by atoms with Crippen molar-refractivity contribution in [2.24, 2.45) is 0 Å². The van der Waals surface area contributed by atoms with E-state index in [1.165, 1.54) is 0 Å². The number of nitriles is 1. The number of imidazole rings is 1. The van der Waals surface area contributed by atoms with Gasteiger partial charge in [0.2, 0.25) is 0 Å². The second-order valence-corrected chi connectivity index (χ2v) is 6.68. The van der Waals surface area contributed by atoms with Crippen LogP contribution in [0.15, 0.2) is 40.9 Å². The number of aromatic hydroxyl groups is 1. The van der Waals surface area contributed by atoms with E-state index in [-0.39, 0.29) is 5.75 Å². The molecule has 0 amide bonds. The van der Waals surface area contributed by atoms with Crippen LogP contribution in [0, 0.1) is 14.9 Å². The third-order valence-electron chi connectivity index (χ3n) is 3.12. The molecule has 0 unspecified atom stereocenters. The van der Waals surface area contributed by atoms with Crippen molar-refractivity contribution in [1.82, 2.24) is 9.97 Å². The first kappa shape index (κ1) is 15.1. The molecule has 0 saturated heterocycles. The van der Waals surface area contributed by atoms with Crippen molar-refractivity contribution in [3.63, 3.8) is 0 Å². The van der Waals surface area contributed by atoms with Crippen molar-refractivity contribution in [2.45, 2.75) is 0 Å². The first-order valence-corrected chi connectivity index (χ1v) is 8.20. The fourth-order valence-electron chi connectivity index (χ4n) is 2.09. The molecule has 3 aromatic rings. The first-order chi connectivity index (χ1) is 10.6. The van der Waals surface area contributed by atoms with Crippen LogP contribution < -0.4 is 0 Å². The Morgan fingerprint density at radius 3 is 2.86 bits per heavy atom. The van der Waals surface area contributed by atoms with Crippen LogP contribution in [0.5, 0.6) is 5.75 Å². The predicted octanol–water partition coefficient (Wildman–Crippen LogP) is 4.70. The van der Waals surface area contributed by atoms with Crippen LogP contribution in [0.1, 0.15) is 11.4 Å². The number of nitrogens with zero attached hydrogens (tertiary/aromatic N) is 2. The molecule has 0 aliphatic rings. The zero-order chi connectivity index (χ0) is 15.7. The van der Waals surface area contributed by atoms with Gasteiger partial charge in [0.15, 0.2) is 0 Å². The van der Waals surface area contributed by atoms with E-state index in [2.05, 4.69) is 32.0 Å². The maximum Gasteiger partial charge on any atom is 0.149 e. The van der Waals surface area contributed by atoms with Crippen LogP contribution >= 0.6 is 38.5 Å². The van der Waals surface area contributed by atoms with E-state index in [1.54, 1.807) is 18.2 Å². The van der Waals surface area contributed by atoms with E-state index in [0.717, 1.165) is 15.5 Å². The third-order valence-corrected chi connectivity index (χ3v) is 4.40. The number of halogens is 2. The minimum Gasteiger partial charge on any atom is -0.506 e. The Balaban J connectivity index is 2.13. The molecule has 0 radical (unpaired) electrons. The predicted molar refractivity (Wildman–Crippen MR) is 98.1 cm³/mol. The normalized spacial score (nSPS) is 11.6. The van der Waals surface area contributed by atoms with Crippen molar-refractivity contribution < 1.29 is 5.11 Å². The van der Waals surface area contributed by atoms with Gasteiger partial charge in [-0.15, -0.1) is 0 Å². The average Bonchev–Trinajstić information content (AvgIpc) is 2.93. The summed E-state index contributed by atoms with van der Waals surface area (Å²) in [5, 5.41) is 19.6. The van der Waals surface area contributed by atoms with Crippen LogP contribution in [0.2, 0.25) is 0 Å². The maximum absolute atomic E-state index is 10.1. The summed E-state index contributed by atoms with van der Waals surface area (Å²) in [6, 6.07) is 13.3. The summed E-state index contributed by atoms with van der Waals surface area (Å²) in [5.74, 6) is 0.630. The van der Waals surface area contributed by atoms with Gasteiger partial charge in [-0.2, -0.15) is 5.26 Å². The van der Waals surface area contributed by atoms with Gasteiger partial charge in [0.25, 0.3) is 0 Å². The van der Waals surface area contributed by atoms with Gasteiger partial charge in [0.1, 0.15) is 17.6 Å². The van der Waals surface area contributed by atoms with Crippen molar-refractivity contribution in [3.05, 3.63) is 55.8 Å². The highest BCUT2D eigenvalue weighted by molar-refractivity contribution is 14.1. The minimum absolute atomic E-state index is 0.146. The molecule has 2 aromatic carbocycles. The Labute approximate surface area is 148 Å². The second kappa shape index (κ2) is 6.10.